The van der Waals surface area contributed by atoms with Crippen LogP contribution in [-0.2, 0) is 17.9 Å². The smallest absolute Gasteiger partial charge is 0.407 e. The molecule has 0 atom stereocenters. The summed E-state index contributed by atoms with van der Waals surface area (Å²) in [6.07, 6.45) is 4.42. The lowest BCUT2D eigenvalue weighted by Crippen LogP contribution is -2.27. The molecule has 0 aromatic carbocycles. The zero-order valence-electron chi connectivity index (χ0n) is 21.5. The number of alkyl carbamates (subject to hydrolysis) is 1. The minimum absolute atomic E-state index is 0.0649. The summed E-state index contributed by atoms with van der Waals surface area (Å²) < 4.78 is 7.08. The highest BCUT2D eigenvalue weighted by Gasteiger charge is 2.34. The maximum absolute atomic E-state index is 13.7. The van der Waals surface area contributed by atoms with Gasteiger partial charge in [0.05, 0.1) is 29.7 Å². The summed E-state index contributed by atoms with van der Waals surface area (Å²) in [7, 11) is 3.39. The van der Waals surface area contributed by atoms with Gasteiger partial charge in [0, 0.05) is 31.9 Å². The number of nitrogens with one attached hydrogen (secondary N) is 1. The van der Waals surface area contributed by atoms with Gasteiger partial charge >= 0.3 is 6.09 Å². The normalized spacial score (nSPS) is 12.6. The van der Waals surface area contributed by atoms with Crippen LogP contribution in [0, 0.1) is 0 Å². The van der Waals surface area contributed by atoms with Crippen LogP contribution in [-0.4, -0.2) is 61.9 Å². The number of amides is 2. The van der Waals surface area contributed by atoms with E-state index in [0.717, 1.165) is 5.69 Å². The van der Waals surface area contributed by atoms with Crippen LogP contribution >= 0.6 is 0 Å². The first-order chi connectivity index (χ1) is 18.4. The van der Waals surface area contributed by atoms with Gasteiger partial charge in [-0.1, -0.05) is 6.07 Å². The Morgan fingerprint density at radius 2 is 2.05 bits per heavy atom. The number of aromatic nitrogens is 6. The van der Waals surface area contributed by atoms with Gasteiger partial charge in [-0.15, -0.1) is 10.2 Å². The van der Waals surface area contributed by atoms with Crippen LogP contribution in [0.15, 0.2) is 55.1 Å². The van der Waals surface area contributed by atoms with Gasteiger partial charge in [-0.25, -0.2) is 14.8 Å². The molecular weight excluding hydrogens is 486 g/mol. The number of carbonyl (C=O) groups is 2. The topological polar surface area (TPSA) is 131 Å². The van der Waals surface area contributed by atoms with Crippen LogP contribution in [0.3, 0.4) is 0 Å². The zero-order valence-corrected chi connectivity index (χ0v) is 21.5. The van der Waals surface area contributed by atoms with E-state index in [-0.39, 0.29) is 25.1 Å². The van der Waals surface area contributed by atoms with Crippen molar-refractivity contribution in [2.45, 2.75) is 33.0 Å². The van der Waals surface area contributed by atoms with E-state index in [4.69, 9.17) is 14.7 Å². The molecule has 0 fully saturated rings. The van der Waals surface area contributed by atoms with Crippen LogP contribution in [0.1, 0.15) is 35.5 Å². The van der Waals surface area contributed by atoms with Crippen molar-refractivity contribution in [2.24, 2.45) is 0 Å². The fourth-order valence-electron chi connectivity index (χ4n) is 4.10. The molecule has 0 saturated carbocycles. The molecule has 0 bridgehead atoms. The minimum Gasteiger partial charge on any atom is -0.443 e. The van der Waals surface area contributed by atoms with Gasteiger partial charge in [0.2, 0.25) is 0 Å². The lowest BCUT2D eigenvalue weighted by atomic mass is 10.1. The van der Waals surface area contributed by atoms with E-state index in [0.29, 0.717) is 40.0 Å². The van der Waals surface area contributed by atoms with Gasteiger partial charge in [-0.05, 0) is 44.2 Å². The molecule has 12 heteroatoms. The van der Waals surface area contributed by atoms with E-state index in [9.17, 15) is 9.59 Å². The average Bonchev–Trinajstić information content (AvgIpc) is 3.57. The number of fused-ring (bicyclic) bond motifs is 1. The average molecular weight is 514 g/mol. The predicted octanol–water partition coefficient (Wildman–Crippen LogP) is 2.98. The van der Waals surface area contributed by atoms with Crippen molar-refractivity contribution in [1.82, 2.24) is 35.0 Å². The SMILES string of the molecule is CNC(=O)OCc1nc(N(C)C(C)C)cc2c1CN(c1cccc(-c3nncn3-c3cccnc3)n1)C2=O. The molecule has 0 aliphatic carbocycles. The monoisotopic (exact) mass is 513 g/mol. The van der Waals surface area contributed by atoms with Gasteiger partial charge < -0.3 is 15.0 Å². The number of ether oxygens (including phenoxy) is 1. The van der Waals surface area contributed by atoms with Crippen molar-refractivity contribution in [3.63, 3.8) is 0 Å². The maximum atomic E-state index is 13.7. The van der Waals surface area contributed by atoms with Crippen molar-refractivity contribution in [3.8, 4) is 17.2 Å². The Bertz CT molecular complexity index is 1490. The van der Waals surface area contributed by atoms with E-state index in [1.165, 1.54) is 7.05 Å². The molecule has 12 nitrogen and oxygen atoms in total. The first kappa shape index (κ1) is 24.8. The molecule has 0 radical (unpaired) electrons. The summed E-state index contributed by atoms with van der Waals surface area (Å²) in [4.78, 5) is 42.6. The predicted molar refractivity (Wildman–Crippen MR) is 140 cm³/mol. The molecule has 194 valence electrons. The molecule has 5 rings (SSSR count). The molecule has 4 aromatic rings. The second-order valence-electron chi connectivity index (χ2n) is 8.99. The molecule has 5 heterocycles. The van der Waals surface area contributed by atoms with Crippen molar-refractivity contribution in [3.05, 3.63) is 71.9 Å². The zero-order chi connectivity index (χ0) is 26.8. The van der Waals surface area contributed by atoms with Crippen LogP contribution in [0.25, 0.3) is 17.2 Å². The third kappa shape index (κ3) is 4.63. The Balaban J connectivity index is 1.50. The summed E-state index contributed by atoms with van der Waals surface area (Å²) in [6, 6.07) is 11.1. The van der Waals surface area contributed by atoms with Crippen LogP contribution in [0.4, 0.5) is 16.4 Å². The van der Waals surface area contributed by atoms with Crippen molar-refractivity contribution < 1.29 is 14.3 Å². The number of pyridine rings is 3. The quantitative estimate of drug-likeness (QED) is 0.396. The lowest BCUT2D eigenvalue weighted by molar-refractivity contribution is 0.0996. The number of anilines is 2. The number of rotatable bonds is 7. The number of carbonyl (C=O) groups excluding carboxylic acids is 2. The van der Waals surface area contributed by atoms with E-state index in [1.807, 2.05) is 50.1 Å². The molecule has 0 saturated heterocycles. The fraction of sp³-hybridized carbons (Fsp3) is 0.269. The highest BCUT2D eigenvalue weighted by Crippen LogP contribution is 2.33. The third-order valence-electron chi connectivity index (χ3n) is 6.38. The van der Waals surface area contributed by atoms with Crippen molar-refractivity contribution in [2.75, 3.05) is 23.9 Å². The fourth-order valence-corrected chi connectivity index (χ4v) is 4.10. The number of hydrogen-bond donors (Lipinski definition) is 1. The van der Waals surface area contributed by atoms with Gasteiger partial charge in [0.1, 0.15) is 30.3 Å². The molecule has 1 N–H and O–H groups in total. The Morgan fingerprint density at radius 1 is 1.21 bits per heavy atom. The first-order valence-electron chi connectivity index (χ1n) is 12.1. The van der Waals surface area contributed by atoms with Gasteiger partial charge in [-0.3, -0.25) is 19.2 Å². The Hall–Kier alpha value is -4.87. The summed E-state index contributed by atoms with van der Waals surface area (Å²) in [5.74, 6) is 1.39. The summed E-state index contributed by atoms with van der Waals surface area (Å²) in [6.45, 7) is 4.24. The molecule has 2 amide bonds. The van der Waals surface area contributed by atoms with Crippen LogP contribution < -0.4 is 15.1 Å². The Labute approximate surface area is 219 Å². The van der Waals surface area contributed by atoms with Gasteiger partial charge in [0.25, 0.3) is 5.91 Å². The summed E-state index contributed by atoms with van der Waals surface area (Å²) in [5.41, 5.74) is 3.07. The van der Waals surface area contributed by atoms with Crippen LogP contribution in [0.2, 0.25) is 0 Å². The second-order valence-corrected chi connectivity index (χ2v) is 8.99. The highest BCUT2D eigenvalue weighted by molar-refractivity contribution is 6.10. The van der Waals surface area contributed by atoms with E-state index < -0.39 is 6.09 Å². The molecule has 1 aliphatic rings. The highest BCUT2D eigenvalue weighted by atomic mass is 16.5. The Kier molecular flexibility index (Phi) is 6.69. The molecule has 38 heavy (non-hydrogen) atoms. The maximum Gasteiger partial charge on any atom is 0.407 e. The molecule has 0 spiro atoms. The van der Waals surface area contributed by atoms with E-state index >= 15 is 0 Å². The largest absolute Gasteiger partial charge is 0.443 e. The molecule has 4 aromatic heterocycles. The van der Waals surface area contributed by atoms with Crippen LogP contribution in [0.5, 0.6) is 0 Å². The molecule has 1 aliphatic heterocycles. The summed E-state index contributed by atoms with van der Waals surface area (Å²) >= 11 is 0. The van der Waals surface area contributed by atoms with E-state index in [1.54, 1.807) is 40.3 Å². The molecule has 0 unspecified atom stereocenters. The van der Waals surface area contributed by atoms with Gasteiger partial charge in [0.15, 0.2) is 5.82 Å². The third-order valence-corrected chi connectivity index (χ3v) is 6.38. The number of nitrogens with zero attached hydrogens (tertiary/aromatic N) is 8. The first-order valence-corrected chi connectivity index (χ1v) is 12.1. The number of hydrogen-bond acceptors (Lipinski definition) is 9. The standard InChI is InChI=1S/C26H27N9O3/c1-16(2)33(4)23-11-18-19(21(31-23)14-38-26(37)27-3)13-34(25(18)36)22-9-5-8-20(30-22)24-32-29-15-35(24)17-7-6-10-28-12-17/h5-12,15-16H,13-14H2,1-4H3,(H,27,37). The minimum atomic E-state index is -0.573. The van der Waals surface area contributed by atoms with Crippen molar-refractivity contribution in [1.29, 1.82) is 0 Å². The summed E-state index contributed by atoms with van der Waals surface area (Å²) in [5, 5.41) is 10.7. The van der Waals surface area contributed by atoms with Gasteiger partial charge in [-0.2, -0.15) is 0 Å². The molecular formula is C26H27N9O3. The lowest BCUT2D eigenvalue weighted by Gasteiger charge is -2.23. The van der Waals surface area contributed by atoms with E-state index in [2.05, 4.69) is 20.5 Å². The second kappa shape index (κ2) is 10.2. The van der Waals surface area contributed by atoms with Crippen molar-refractivity contribution >= 4 is 23.6 Å². The Morgan fingerprint density at radius 3 is 2.79 bits per heavy atom.